The summed E-state index contributed by atoms with van der Waals surface area (Å²) in [7, 11) is 3.29. The number of ether oxygens (including phenoxy) is 2. The minimum atomic E-state index is -0.0672. The maximum atomic E-state index is 6.46. The number of aryl methyl sites for hydroxylation is 2. The van der Waals surface area contributed by atoms with Gasteiger partial charge in [-0.05, 0) is 68.4 Å². The van der Waals surface area contributed by atoms with Crippen LogP contribution in [-0.4, -0.2) is 51.3 Å². The number of halogens is 1. The van der Waals surface area contributed by atoms with Gasteiger partial charge < -0.3 is 18.3 Å². The summed E-state index contributed by atoms with van der Waals surface area (Å²) in [5.41, 5.74) is 3.85. The molecular weight excluding hydrogens is 530 g/mol. The number of oxazole rings is 2. The molecule has 0 amide bonds. The Morgan fingerprint density at radius 1 is 0.825 bits per heavy atom. The van der Waals surface area contributed by atoms with Gasteiger partial charge in [-0.15, -0.1) is 11.6 Å². The highest BCUT2D eigenvalue weighted by atomic mass is 35.5. The van der Waals surface area contributed by atoms with E-state index >= 15 is 0 Å². The van der Waals surface area contributed by atoms with E-state index < -0.39 is 0 Å². The SMILES string of the molecule is COc1ccc(-c2cnc(CN(Cc3ncc(-c4ccc(OC)cc4)o3)C[C@H](CCl)n3nc(C)cc3C)o2)cc1. The molecule has 0 N–H and O–H groups in total. The number of nitrogens with zero attached hydrogens (tertiary/aromatic N) is 5. The number of hydrogen-bond donors (Lipinski definition) is 0. The van der Waals surface area contributed by atoms with Gasteiger partial charge in [-0.1, -0.05) is 0 Å². The number of benzene rings is 2. The van der Waals surface area contributed by atoms with Crippen molar-refractivity contribution in [1.29, 1.82) is 0 Å². The molecule has 0 bridgehead atoms. The summed E-state index contributed by atoms with van der Waals surface area (Å²) >= 11 is 6.46. The molecule has 1 atom stereocenters. The smallest absolute Gasteiger partial charge is 0.209 e. The van der Waals surface area contributed by atoms with Crippen molar-refractivity contribution >= 4 is 11.6 Å². The van der Waals surface area contributed by atoms with Crippen molar-refractivity contribution in [2.24, 2.45) is 0 Å². The van der Waals surface area contributed by atoms with Crippen molar-refractivity contribution in [3.63, 3.8) is 0 Å². The third kappa shape index (κ3) is 6.38. The maximum absolute atomic E-state index is 6.46. The summed E-state index contributed by atoms with van der Waals surface area (Å²) in [6, 6.07) is 17.3. The zero-order valence-corrected chi connectivity index (χ0v) is 23.8. The van der Waals surface area contributed by atoms with E-state index in [9.17, 15) is 0 Å². The summed E-state index contributed by atoms with van der Waals surface area (Å²) in [4.78, 5) is 11.3. The van der Waals surface area contributed by atoms with Crippen LogP contribution >= 0.6 is 11.6 Å². The molecule has 0 unspecified atom stereocenters. The van der Waals surface area contributed by atoms with E-state index in [1.807, 2.05) is 73.1 Å². The molecule has 5 aromatic rings. The van der Waals surface area contributed by atoms with Gasteiger partial charge >= 0.3 is 0 Å². The summed E-state index contributed by atoms with van der Waals surface area (Å²) in [6.07, 6.45) is 3.48. The fourth-order valence-corrected chi connectivity index (χ4v) is 4.85. The molecule has 0 aliphatic heterocycles. The molecule has 0 radical (unpaired) electrons. The molecule has 40 heavy (non-hydrogen) atoms. The average molecular weight is 562 g/mol. The standard InChI is InChI=1S/C30H32ClN5O4/c1-20-13-21(2)36(34-20)24(14-31)17-35(18-29-32-15-27(39-29)22-5-9-25(37-3)10-6-22)19-30-33-16-28(40-30)23-7-11-26(38-4)12-8-23/h5-13,15-16,24H,14,17-19H2,1-4H3/t24-/m0/s1. The van der Waals surface area contributed by atoms with Crippen molar-refractivity contribution in [2.45, 2.75) is 33.0 Å². The van der Waals surface area contributed by atoms with Crippen molar-refractivity contribution in [3.05, 3.63) is 90.2 Å². The minimum absolute atomic E-state index is 0.0672. The van der Waals surface area contributed by atoms with Gasteiger partial charge in [-0.3, -0.25) is 9.58 Å². The molecule has 5 rings (SSSR count). The molecule has 0 fully saturated rings. The van der Waals surface area contributed by atoms with Crippen LogP contribution < -0.4 is 9.47 Å². The largest absolute Gasteiger partial charge is 0.497 e. The van der Waals surface area contributed by atoms with Gasteiger partial charge in [0, 0.05) is 29.2 Å². The van der Waals surface area contributed by atoms with Crippen LogP contribution in [0.2, 0.25) is 0 Å². The molecule has 3 aromatic heterocycles. The number of hydrogen-bond acceptors (Lipinski definition) is 8. The maximum Gasteiger partial charge on any atom is 0.209 e. The van der Waals surface area contributed by atoms with Gasteiger partial charge in [0.15, 0.2) is 11.5 Å². The van der Waals surface area contributed by atoms with Crippen LogP contribution in [0.4, 0.5) is 0 Å². The number of aromatic nitrogens is 4. The van der Waals surface area contributed by atoms with E-state index in [-0.39, 0.29) is 6.04 Å². The van der Waals surface area contributed by atoms with E-state index in [4.69, 9.17) is 29.9 Å². The molecule has 10 heteroatoms. The Morgan fingerprint density at radius 3 is 1.73 bits per heavy atom. The molecular formula is C30H32ClN5O4. The highest BCUT2D eigenvalue weighted by Gasteiger charge is 2.22. The second kappa shape index (κ2) is 12.4. The van der Waals surface area contributed by atoms with E-state index in [0.717, 1.165) is 34.0 Å². The lowest BCUT2D eigenvalue weighted by molar-refractivity contribution is 0.182. The van der Waals surface area contributed by atoms with Crippen molar-refractivity contribution in [2.75, 3.05) is 26.6 Å². The topological polar surface area (TPSA) is 91.6 Å². The van der Waals surface area contributed by atoms with Gasteiger partial charge in [0.1, 0.15) is 11.5 Å². The first-order valence-corrected chi connectivity index (χ1v) is 13.5. The third-order valence-electron chi connectivity index (χ3n) is 6.61. The lowest BCUT2D eigenvalue weighted by atomic mass is 10.2. The van der Waals surface area contributed by atoms with Crippen LogP contribution in [0.25, 0.3) is 22.6 Å². The zero-order chi connectivity index (χ0) is 28.1. The molecule has 0 aliphatic carbocycles. The zero-order valence-electron chi connectivity index (χ0n) is 23.0. The Hall–Kier alpha value is -4.08. The quantitative estimate of drug-likeness (QED) is 0.164. The van der Waals surface area contributed by atoms with Crippen LogP contribution in [0, 0.1) is 13.8 Å². The lowest BCUT2D eigenvalue weighted by Gasteiger charge is -2.25. The van der Waals surface area contributed by atoms with Crippen LogP contribution in [0.3, 0.4) is 0 Å². The number of alkyl halides is 1. The van der Waals surface area contributed by atoms with Crippen LogP contribution in [0.5, 0.6) is 11.5 Å². The third-order valence-corrected chi connectivity index (χ3v) is 6.97. The van der Waals surface area contributed by atoms with Crippen molar-refractivity contribution < 1.29 is 18.3 Å². The van der Waals surface area contributed by atoms with E-state index in [1.54, 1.807) is 26.6 Å². The van der Waals surface area contributed by atoms with Crippen molar-refractivity contribution in [1.82, 2.24) is 24.6 Å². The Balaban J connectivity index is 1.37. The van der Waals surface area contributed by atoms with E-state index in [2.05, 4.69) is 20.0 Å². The second-order valence-electron chi connectivity index (χ2n) is 9.54. The van der Waals surface area contributed by atoms with Gasteiger partial charge in [-0.25, -0.2) is 9.97 Å². The van der Waals surface area contributed by atoms with Crippen LogP contribution in [-0.2, 0) is 13.1 Å². The van der Waals surface area contributed by atoms with Gasteiger partial charge in [0.25, 0.3) is 0 Å². The van der Waals surface area contributed by atoms with E-state index in [1.165, 1.54) is 0 Å². The normalized spacial score (nSPS) is 12.2. The van der Waals surface area contributed by atoms with Crippen LogP contribution in [0.1, 0.15) is 29.2 Å². The molecule has 9 nitrogen and oxygen atoms in total. The summed E-state index contributed by atoms with van der Waals surface area (Å²) < 4.78 is 24.8. The highest BCUT2D eigenvalue weighted by Crippen LogP contribution is 2.26. The first kappa shape index (κ1) is 27.5. The first-order valence-electron chi connectivity index (χ1n) is 12.9. The molecule has 3 heterocycles. The molecule has 208 valence electrons. The fourth-order valence-electron chi connectivity index (χ4n) is 4.62. The average Bonchev–Trinajstić information content (AvgIpc) is 3.72. The molecule has 0 saturated carbocycles. The lowest BCUT2D eigenvalue weighted by Crippen LogP contribution is -2.32. The molecule has 0 spiro atoms. The fraction of sp³-hybridized carbons (Fsp3) is 0.300. The Kier molecular flexibility index (Phi) is 8.52. The van der Waals surface area contributed by atoms with Crippen molar-refractivity contribution in [3.8, 4) is 34.1 Å². The number of methoxy groups -OCH3 is 2. The summed E-state index contributed by atoms with van der Waals surface area (Å²) in [5, 5.41) is 4.67. The summed E-state index contributed by atoms with van der Waals surface area (Å²) in [5.74, 6) is 4.48. The Labute approximate surface area is 238 Å². The van der Waals surface area contributed by atoms with Crippen LogP contribution in [0.15, 0.2) is 75.8 Å². The first-order chi connectivity index (χ1) is 19.4. The number of rotatable bonds is 12. The minimum Gasteiger partial charge on any atom is -0.497 e. The predicted octanol–water partition coefficient (Wildman–Crippen LogP) is 6.31. The van der Waals surface area contributed by atoms with Gasteiger partial charge in [0.2, 0.25) is 11.8 Å². The Bertz CT molecular complexity index is 1440. The second-order valence-corrected chi connectivity index (χ2v) is 9.85. The molecule has 0 aliphatic rings. The van der Waals surface area contributed by atoms with E-state index in [0.29, 0.717) is 48.8 Å². The summed E-state index contributed by atoms with van der Waals surface area (Å²) in [6.45, 7) is 5.47. The molecule has 0 saturated heterocycles. The Morgan fingerprint density at radius 2 is 1.32 bits per heavy atom. The van der Waals surface area contributed by atoms with Gasteiger partial charge in [-0.2, -0.15) is 5.10 Å². The molecule has 2 aromatic carbocycles. The highest BCUT2D eigenvalue weighted by molar-refractivity contribution is 6.18. The predicted molar refractivity (Wildman–Crippen MR) is 153 cm³/mol. The van der Waals surface area contributed by atoms with Gasteiger partial charge in [0.05, 0.1) is 51.4 Å². The monoisotopic (exact) mass is 561 g/mol.